The molecule has 0 amide bonds. The maximum atomic E-state index is 13.9. The number of rotatable bonds is 3. The van der Waals surface area contributed by atoms with Gasteiger partial charge in [0.25, 0.3) is 0 Å². The zero-order valence-electron chi connectivity index (χ0n) is 10.9. The molecular weight excluding hydrogens is 271 g/mol. The minimum Gasteiger partial charge on any atom is -0.497 e. The Hall–Kier alpha value is -1.98. The Labute approximate surface area is 114 Å². The molecule has 0 saturated carbocycles. The molecule has 0 aromatic heterocycles. The lowest BCUT2D eigenvalue weighted by Crippen LogP contribution is -2.35. The predicted octanol–water partition coefficient (Wildman–Crippen LogP) is 1.95. The van der Waals surface area contributed by atoms with Gasteiger partial charge in [-0.15, -0.1) is 0 Å². The van der Waals surface area contributed by atoms with Crippen molar-refractivity contribution in [3.05, 3.63) is 53.1 Å². The molecule has 0 aliphatic carbocycles. The zero-order chi connectivity index (χ0) is 14.9. The molecule has 2 aromatic rings. The van der Waals surface area contributed by atoms with E-state index in [0.29, 0.717) is 6.07 Å². The molecule has 0 aliphatic heterocycles. The summed E-state index contributed by atoms with van der Waals surface area (Å²) in [7, 11) is 0.884. The standard InChI is InChI=1S/C14H11BF4O/c1-7-3-4-9(17)13(14(7)19)15-12-10(18)5-8(16)6-11(12)20-2/h3-6,15H,1-2H3. The summed E-state index contributed by atoms with van der Waals surface area (Å²) in [5, 5.41) is 0. The van der Waals surface area contributed by atoms with Gasteiger partial charge in [-0.2, -0.15) is 0 Å². The molecule has 20 heavy (non-hydrogen) atoms. The second kappa shape index (κ2) is 5.57. The quantitative estimate of drug-likeness (QED) is 0.617. The Bertz CT molecular complexity index is 658. The lowest BCUT2D eigenvalue weighted by atomic mass is 9.62. The summed E-state index contributed by atoms with van der Waals surface area (Å²) in [6.07, 6.45) is 0. The first kappa shape index (κ1) is 14.4. The Morgan fingerprint density at radius 3 is 2.30 bits per heavy atom. The number of benzene rings is 2. The van der Waals surface area contributed by atoms with Gasteiger partial charge < -0.3 is 4.74 Å². The topological polar surface area (TPSA) is 9.23 Å². The summed E-state index contributed by atoms with van der Waals surface area (Å²) in [6, 6.07) is 4.04. The fourth-order valence-electron chi connectivity index (χ4n) is 1.99. The Morgan fingerprint density at radius 2 is 1.65 bits per heavy atom. The molecule has 6 heteroatoms. The largest absolute Gasteiger partial charge is 0.497 e. The monoisotopic (exact) mass is 282 g/mol. The van der Waals surface area contributed by atoms with E-state index < -0.39 is 23.3 Å². The highest BCUT2D eigenvalue weighted by molar-refractivity contribution is 6.68. The van der Waals surface area contributed by atoms with E-state index in [9.17, 15) is 17.6 Å². The fourth-order valence-corrected chi connectivity index (χ4v) is 1.99. The highest BCUT2D eigenvalue weighted by Crippen LogP contribution is 2.13. The molecule has 2 rings (SSSR count). The van der Waals surface area contributed by atoms with Gasteiger partial charge in [0.15, 0.2) is 0 Å². The number of aryl methyl sites for hydroxylation is 1. The molecule has 0 saturated heterocycles. The van der Waals surface area contributed by atoms with Crippen molar-refractivity contribution >= 4 is 18.2 Å². The summed E-state index contributed by atoms with van der Waals surface area (Å²) in [4.78, 5) is 0. The van der Waals surface area contributed by atoms with E-state index in [1.165, 1.54) is 20.1 Å². The van der Waals surface area contributed by atoms with Crippen LogP contribution in [0.1, 0.15) is 5.56 Å². The second-order valence-electron chi connectivity index (χ2n) is 4.40. The number of ether oxygens (including phenoxy) is 1. The van der Waals surface area contributed by atoms with Crippen LogP contribution in [0, 0.1) is 30.2 Å². The molecule has 0 aliphatic rings. The molecular formula is C14H11BF4O. The number of hydrogen-bond donors (Lipinski definition) is 0. The van der Waals surface area contributed by atoms with Crippen LogP contribution >= 0.6 is 0 Å². The Morgan fingerprint density at radius 1 is 0.950 bits per heavy atom. The lowest BCUT2D eigenvalue weighted by Gasteiger charge is -2.11. The second-order valence-corrected chi connectivity index (χ2v) is 4.40. The van der Waals surface area contributed by atoms with Gasteiger partial charge in [-0.1, -0.05) is 6.07 Å². The van der Waals surface area contributed by atoms with Gasteiger partial charge in [0, 0.05) is 12.1 Å². The minimum atomic E-state index is -0.901. The third-order valence-corrected chi connectivity index (χ3v) is 3.07. The smallest absolute Gasteiger partial charge is 0.208 e. The Kier molecular flexibility index (Phi) is 4.02. The number of halogens is 4. The van der Waals surface area contributed by atoms with Crippen LogP contribution in [-0.2, 0) is 0 Å². The van der Waals surface area contributed by atoms with Crippen molar-refractivity contribution in [2.45, 2.75) is 6.92 Å². The van der Waals surface area contributed by atoms with Gasteiger partial charge in [0.1, 0.15) is 29.0 Å². The molecule has 0 spiro atoms. The molecule has 0 radical (unpaired) electrons. The van der Waals surface area contributed by atoms with E-state index in [-0.39, 0.29) is 29.5 Å². The average molecular weight is 282 g/mol. The van der Waals surface area contributed by atoms with Gasteiger partial charge >= 0.3 is 0 Å². The molecule has 0 unspecified atom stereocenters. The third-order valence-electron chi connectivity index (χ3n) is 3.07. The van der Waals surface area contributed by atoms with Crippen molar-refractivity contribution in [2.75, 3.05) is 7.11 Å². The molecule has 0 atom stereocenters. The van der Waals surface area contributed by atoms with Crippen molar-refractivity contribution in [1.82, 2.24) is 0 Å². The van der Waals surface area contributed by atoms with Crippen LogP contribution in [0.4, 0.5) is 17.6 Å². The van der Waals surface area contributed by atoms with Crippen molar-refractivity contribution in [1.29, 1.82) is 0 Å². The molecule has 1 nitrogen and oxygen atoms in total. The van der Waals surface area contributed by atoms with Crippen molar-refractivity contribution in [2.24, 2.45) is 0 Å². The number of methoxy groups -OCH3 is 1. The fraction of sp³-hybridized carbons (Fsp3) is 0.143. The maximum Gasteiger partial charge on any atom is 0.208 e. The zero-order valence-corrected chi connectivity index (χ0v) is 10.9. The van der Waals surface area contributed by atoms with E-state index in [2.05, 4.69) is 0 Å². The highest BCUT2D eigenvalue weighted by Gasteiger charge is 2.19. The van der Waals surface area contributed by atoms with Crippen molar-refractivity contribution in [3.8, 4) is 5.75 Å². The van der Waals surface area contributed by atoms with Crippen LogP contribution in [0.25, 0.3) is 0 Å². The van der Waals surface area contributed by atoms with Crippen LogP contribution in [0.3, 0.4) is 0 Å². The van der Waals surface area contributed by atoms with E-state index in [1.54, 1.807) is 0 Å². The predicted molar refractivity (Wildman–Crippen MR) is 70.4 cm³/mol. The maximum absolute atomic E-state index is 13.9. The highest BCUT2D eigenvalue weighted by atomic mass is 19.1. The summed E-state index contributed by atoms with van der Waals surface area (Å²) in [6.45, 7) is 1.48. The molecule has 104 valence electrons. The van der Waals surface area contributed by atoms with Crippen LogP contribution in [0.5, 0.6) is 5.75 Å². The summed E-state index contributed by atoms with van der Waals surface area (Å²) in [5.41, 5.74) is -0.103. The van der Waals surface area contributed by atoms with Crippen LogP contribution in [0.15, 0.2) is 24.3 Å². The van der Waals surface area contributed by atoms with Gasteiger partial charge in [0.05, 0.1) is 7.11 Å². The molecule has 0 fully saturated rings. The first-order valence-corrected chi connectivity index (χ1v) is 5.89. The van der Waals surface area contributed by atoms with Gasteiger partial charge in [-0.05, 0) is 29.5 Å². The minimum absolute atomic E-state index is 0.0807. The summed E-state index contributed by atoms with van der Waals surface area (Å²) >= 11 is 0. The van der Waals surface area contributed by atoms with Gasteiger partial charge in [0.2, 0.25) is 7.28 Å². The molecule has 2 aromatic carbocycles. The van der Waals surface area contributed by atoms with Crippen molar-refractivity contribution in [3.63, 3.8) is 0 Å². The summed E-state index contributed by atoms with van der Waals surface area (Å²) < 4.78 is 59.3. The lowest BCUT2D eigenvalue weighted by molar-refractivity contribution is 0.411. The van der Waals surface area contributed by atoms with E-state index in [0.717, 1.165) is 12.1 Å². The molecule has 0 bridgehead atoms. The van der Waals surface area contributed by atoms with E-state index in [1.807, 2.05) is 0 Å². The van der Waals surface area contributed by atoms with Crippen LogP contribution < -0.4 is 15.7 Å². The van der Waals surface area contributed by atoms with Gasteiger partial charge in [-0.3, -0.25) is 0 Å². The normalized spacial score (nSPS) is 10.5. The van der Waals surface area contributed by atoms with Crippen molar-refractivity contribution < 1.29 is 22.3 Å². The molecule has 0 heterocycles. The number of hydrogen-bond acceptors (Lipinski definition) is 1. The third kappa shape index (κ3) is 2.64. The van der Waals surface area contributed by atoms with Crippen LogP contribution in [-0.4, -0.2) is 14.4 Å². The molecule has 0 N–H and O–H groups in total. The first-order valence-electron chi connectivity index (χ1n) is 5.89. The van der Waals surface area contributed by atoms with Crippen LogP contribution in [0.2, 0.25) is 0 Å². The van der Waals surface area contributed by atoms with Gasteiger partial charge in [-0.25, -0.2) is 17.6 Å². The first-order chi connectivity index (χ1) is 9.43. The summed E-state index contributed by atoms with van der Waals surface area (Å²) in [5.74, 6) is -3.31. The van der Waals surface area contributed by atoms with E-state index >= 15 is 0 Å². The Balaban J connectivity index is 2.53. The average Bonchev–Trinajstić information content (AvgIpc) is 2.40. The SMILES string of the molecule is COc1cc(F)cc(F)c1Bc1c(F)ccc(C)c1F. The van der Waals surface area contributed by atoms with E-state index in [4.69, 9.17) is 4.74 Å².